The van der Waals surface area contributed by atoms with Crippen LogP contribution >= 0.6 is 0 Å². The topological polar surface area (TPSA) is 13.1 Å². The quantitative estimate of drug-likeness (QED) is 0.370. The zero-order chi connectivity index (χ0) is 19.3. The maximum atomic E-state index is 6.03. The van der Waals surface area contributed by atoms with Gasteiger partial charge in [0.05, 0.1) is 0 Å². The van der Waals surface area contributed by atoms with E-state index in [9.17, 15) is 0 Å². The highest BCUT2D eigenvalue weighted by atomic mass is 16.3. The molecule has 0 unspecified atom stereocenters. The van der Waals surface area contributed by atoms with Crippen LogP contribution in [0.4, 0.5) is 0 Å². The maximum absolute atomic E-state index is 6.03. The molecule has 0 saturated carbocycles. The van der Waals surface area contributed by atoms with Gasteiger partial charge in [-0.15, -0.1) is 0 Å². The molecule has 0 amide bonds. The monoisotopic (exact) mass is 364 g/mol. The Morgan fingerprint density at radius 3 is 2.54 bits per heavy atom. The van der Waals surface area contributed by atoms with Gasteiger partial charge in [0.2, 0.25) is 0 Å². The Labute approximate surface area is 166 Å². The average molecular weight is 364 g/mol. The van der Waals surface area contributed by atoms with E-state index in [1.165, 1.54) is 49.7 Å². The molecule has 1 nitrogen and oxygen atoms in total. The summed E-state index contributed by atoms with van der Waals surface area (Å²) in [5.74, 6) is 2.02. The number of fused-ring (bicyclic) bond motifs is 2. The summed E-state index contributed by atoms with van der Waals surface area (Å²) in [6.07, 6.45) is 4.31. The lowest BCUT2D eigenvalue weighted by Crippen LogP contribution is -1.95. The number of furan rings is 1. The fraction of sp³-hybridized carbons (Fsp3) is 0.185. The minimum absolute atomic E-state index is 0.934. The minimum atomic E-state index is 0.934. The van der Waals surface area contributed by atoms with Crippen LogP contribution in [-0.2, 0) is 12.8 Å². The van der Waals surface area contributed by atoms with Gasteiger partial charge in [0, 0.05) is 6.42 Å². The van der Waals surface area contributed by atoms with Crippen LogP contribution in [0.25, 0.3) is 33.5 Å². The van der Waals surface area contributed by atoms with Crippen molar-refractivity contribution >= 4 is 22.4 Å². The molecule has 1 aliphatic rings. The van der Waals surface area contributed by atoms with Crippen LogP contribution in [0.3, 0.4) is 0 Å². The molecule has 0 aliphatic heterocycles. The highest BCUT2D eigenvalue weighted by molar-refractivity contribution is 6.02. The van der Waals surface area contributed by atoms with Gasteiger partial charge in [0.1, 0.15) is 11.5 Å². The number of hydrogen-bond donors (Lipinski definition) is 0. The van der Waals surface area contributed by atoms with Crippen molar-refractivity contribution in [2.24, 2.45) is 0 Å². The van der Waals surface area contributed by atoms with Crippen LogP contribution in [0.5, 0.6) is 0 Å². The molecule has 0 saturated heterocycles. The summed E-state index contributed by atoms with van der Waals surface area (Å²) in [7, 11) is 0. The first kappa shape index (κ1) is 17.1. The van der Waals surface area contributed by atoms with Crippen LogP contribution in [0.2, 0.25) is 0 Å². The third-order valence-corrected chi connectivity index (χ3v) is 6.04. The Balaban J connectivity index is 1.75. The lowest BCUT2D eigenvalue weighted by atomic mass is 9.88. The first-order chi connectivity index (χ1) is 13.7. The smallest absolute Gasteiger partial charge is 0.130 e. The number of aryl methyl sites for hydroxylation is 3. The lowest BCUT2D eigenvalue weighted by Gasteiger charge is -2.15. The summed E-state index contributed by atoms with van der Waals surface area (Å²) < 4.78 is 6.03. The number of hydrogen-bond acceptors (Lipinski definition) is 1. The van der Waals surface area contributed by atoms with Gasteiger partial charge in [-0.05, 0) is 82.1 Å². The second-order valence-electron chi connectivity index (χ2n) is 7.75. The van der Waals surface area contributed by atoms with E-state index in [0.29, 0.717) is 0 Å². The predicted octanol–water partition coefficient (Wildman–Crippen LogP) is 7.38. The third-order valence-electron chi connectivity index (χ3n) is 6.04. The van der Waals surface area contributed by atoms with Gasteiger partial charge in [-0.1, -0.05) is 61.5 Å². The van der Waals surface area contributed by atoms with Gasteiger partial charge in [-0.2, -0.15) is 0 Å². The van der Waals surface area contributed by atoms with E-state index < -0.39 is 0 Å². The van der Waals surface area contributed by atoms with Crippen molar-refractivity contribution < 1.29 is 4.42 Å². The molecule has 28 heavy (non-hydrogen) atoms. The molecule has 1 heterocycles. The van der Waals surface area contributed by atoms with Crippen molar-refractivity contribution in [3.8, 4) is 11.1 Å². The lowest BCUT2D eigenvalue weighted by molar-refractivity contribution is 0.518. The molecule has 1 heteroatoms. The highest BCUT2D eigenvalue weighted by Gasteiger charge is 2.22. The minimum Gasteiger partial charge on any atom is -0.461 e. The van der Waals surface area contributed by atoms with Crippen molar-refractivity contribution in [3.63, 3.8) is 0 Å². The van der Waals surface area contributed by atoms with E-state index in [4.69, 9.17) is 4.42 Å². The number of allylic oxidation sites excluding steroid dienone is 1. The molecule has 5 rings (SSSR count). The molecule has 138 valence electrons. The maximum Gasteiger partial charge on any atom is 0.130 e. The molecule has 0 atom stereocenters. The van der Waals surface area contributed by atoms with Crippen molar-refractivity contribution in [2.75, 3.05) is 0 Å². The van der Waals surface area contributed by atoms with E-state index >= 15 is 0 Å². The largest absolute Gasteiger partial charge is 0.461 e. The molecule has 0 fully saturated rings. The summed E-state index contributed by atoms with van der Waals surface area (Å²) in [6.45, 7) is 6.40. The second kappa shape index (κ2) is 6.53. The molecule has 3 aromatic carbocycles. The summed E-state index contributed by atoms with van der Waals surface area (Å²) in [5.41, 5.74) is 9.36. The first-order valence-electron chi connectivity index (χ1n) is 10.1. The summed E-state index contributed by atoms with van der Waals surface area (Å²) in [5, 5.41) is 2.61. The molecular formula is C27H24O. The highest BCUT2D eigenvalue weighted by Crippen LogP contribution is 2.42. The zero-order valence-electron chi connectivity index (χ0n) is 16.7. The number of rotatable bonds is 3. The molecule has 0 spiro atoms. The Bertz CT molecular complexity index is 1210. The van der Waals surface area contributed by atoms with Gasteiger partial charge in [-0.3, -0.25) is 0 Å². The van der Waals surface area contributed by atoms with Crippen LogP contribution in [0, 0.1) is 13.8 Å². The van der Waals surface area contributed by atoms with Crippen molar-refractivity contribution in [3.05, 3.63) is 94.4 Å². The summed E-state index contributed by atoms with van der Waals surface area (Å²) in [4.78, 5) is 0. The molecule has 1 aliphatic carbocycles. The molecule has 1 aromatic heterocycles. The molecule has 0 N–H and O–H groups in total. The normalized spacial score (nSPS) is 13.0. The second-order valence-corrected chi connectivity index (χ2v) is 7.75. The Hall–Kier alpha value is -3.06. The van der Waals surface area contributed by atoms with Gasteiger partial charge in [0.15, 0.2) is 0 Å². The van der Waals surface area contributed by atoms with Crippen molar-refractivity contribution in [1.29, 1.82) is 0 Å². The van der Waals surface area contributed by atoms with Crippen molar-refractivity contribution in [2.45, 2.75) is 33.6 Å². The van der Waals surface area contributed by atoms with E-state index in [2.05, 4.69) is 80.6 Å². The van der Waals surface area contributed by atoms with Gasteiger partial charge in [-0.25, -0.2) is 0 Å². The fourth-order valence-corrected chi connectivity index (χ4v) is 4.40. The zero-order valence-corrected chi connectivity index (χ0v) is 16.7. The van der Waals surface area contributed by atoms with Crippen LogP contribution in [0.1, 0.15) is 40.7 Å². The van der Waals surface area contributed by atoms with E-state index in [1.54, 1.807) is 0 Å². The van der Waals surface area contributed by atoms with E-state index in [1.807, 2.05) is 6.92 Å². The Kier molecular flexibility index (Phi) is 3.98. The molecular weight excluding hydrogens is 340 g/mol. The van der Waals surface area contributed by atoms with Gasteiger partial charge >= 0.3 is 0 Å². The van der Waals surface area contributed by atoms with Crippen LogP contribution in [-0.4, -0.2) is 0 Å². The summed E-state index contributed by atoms with van der Waals surface area (Å²) >= 11 is 0. The Morgan fingerprint density at radius 2 is 1.75 bits per heavy atom. The summed E-state index contributed by atoms with van der Waals surface area (Å²) in [6, 6.07) is 22.1. The SMILES string of the molecule is CCc1ccc2c(c1-c1cccc3ccccc13)C=C(c1cc(C)c(C)o1)C2. The Morgan fingerprint density at radius 1 is 0.929 bits per heavy atom. The van der Waals surface area contributed by atoms with Gasteiger partial charge in [0.25, 0.3) is 0 Å². The molecule has 4 aromatic rings. The first-order valence-corrected chi connectivity index (χ1v) is 10.1. The predicted molar refractivity (Wildman–Crippen MR) is 119 cm³/mol. The fourth-order valence-electron chi connectivity index (χ4n) is 4.40. The average Bonchev–Trinajstić information content (AvgIpc) is 3.30. The van der Waals surface area contributed by atoms with Crippen molar-refractivity contribution in [1.82, 2.24) is 0 Å². The third kappa shape index (κ3) is 2.62. The number of benzene rings is 3. The standard InChI is InChI=1S/C27H24O/c1-4-19-12-13-21-15-22(26-14-17(2)18(3)28-26)16-25(21)27(19)24-11-7-9-20-8-5-6-10-23(20)24/h5-14,16H,4,15H2,1-3H3. The molecule has 0 radical (unpaired) electrons. The van der Waals surface area contributed by atoms with Gasteiger partial charge < -0.3 is 4.42 Å². The van der Waals surface area contributed by atoms with Crippen LogP contribution < -0.4 is 0 Å². The van der Waals surface area contributed by atoms with E-state index in [-0.39, 0.29) is 0 Å². The van der Waals surface area contributed by atoms with Crippen LogP contribution in [0.15, 0.2) is 65.1 Å². The molecule has 0 bridgehead atoms. The van der Waals surface area contributed by atoms with E-state index in [0.717, 1.165) is 24.4 Å².